The van der Waals surface area contributed by atoms with Gasteiger partial charge < -0.3 is 19.1 Å². The van der Waals surface area contributed by atoms with Crippen LogP contribution in [0.3, 0.4) is 0 Å². The molecule has 0 unspecified atom stereocenters. The van der Waals surface area contributed by atoms with Gasteiger partial charge in [-0.3, -0.25) is 9.59 Å². The second-order valence-corrected chi connectivity index (χ2v) is 8.53. The summed E-state index contributed by atoms with van der Waals surface area (Å²) in [5, 5.41) is 0. The predicted octanol–water partition coefficient (Wildman–Crippen LogP) is 2.13. The third-order valence-corrected chi connectivity index (χ3v) is 6.63. The molecule has 152 valence electrons. The van der Waals surface area contributed by atoms with Gasteiger partial charge in [-0.2, -0.15) is 0 Å². The van der Waals surface area contributed by atoms with Crippen molar-refractivity contribution in [3.63, 3.8) is 0 Å². The summed E-state index contributed by atoms with van der Waals surface area (Å²) < 4.78 is 8.11. The van der Waals surface area contributed by atoms with Crippen molar-refractivity contribution in [1.29, 1.82) is 0 Å². The zero-order valence-corrected chi connectivity index (χ0v) is 16.8. The van der Waals surface area contributed by atoms with Crippen LogP contribution in [-0.2, 0) is 20.9 Å². The van der Waals surface area contributed by atoms with E-state index in [-0.39, 0.29) is 30.4 Å². The smallest absolute Gasteiger partial charge is 0.243 e. The third kappa shape index (κ3) is 2.71. The lowest BCUT2D eigenvalue weighted by Crippen LogP contribution is -2.51. The van der Waals surface area contributed by atoms with Crippen molar-refractivity contribution in [1.82, 2.24) is 19.4 Å². The SMILES string of the molecule is CC(C)[C@@H]1CO[C@@]23CCN(C(=O)Cn4ccnc4-c4ccccc4)[C@@H]2CC(=O)N13. The number of benzene rings is 1. The van der Waals surface area contributed by atoms with Gasteiger partial charge in [-0.1, -0.05) is 44.2 Å². The van der Waals surface area contributed by atoms with E-state index < -0.39 is 5.72 Å². The molecule has 3 atom stereocenters. The molecule has 3 saturated heterocycles. The van der Waals surface area contributed by atoms with E-state index in [4.69, 9.17) is 4.74 Å². The van der Waals surface area contributed by atoms with Crippen LogP contribution in [0, 0.1) is 5.92 Å². The molecule has 7 heteroatoms. The average molecular weight is 394 g/mol. The Kier molecular flexibility index (Phi) is 4.24. The Balaban J connectivity index is 1.37. The number of rotatable bonds is 4. The minimum Gasteiger partial charge on any atom is -0.351 e. The number of likely N-dealkylation sites (tertiary alicyclic amines) is 1. The van der Waals surface area contributed by atoms with Crippen LogP contribution in [0.1, 0.15) is 26.7 Å². The highest BCUT2D eigenvalue weighted by Gasteiger charge is 2.65. The molecular weight excluding hydrogens is 368 g/mol. The molecule has 29 heavy (non-hydrogen) atoms. The quantitative estimate of drug-likeness (QED) is 0.797. The van der Waals surface area contributed by atoms with E-state index in [0.29, 0.717) is 31.9 Å². The van der Waals surface area contributed by atoms with Gasteiger partial charge in [-0.15, -0.1) is 0 Å². The second-order valence-electron chi connectivity index (χ2n) is 8.53. The van der Waals surface area contributed by atoms with Crippen molar-refractivity contribution < 1.29 is 14.3 Å². The van der Waals surface area contributed by atoms with Crippen LogP contribution >= 0.6 is 0 Å². The van der Waals surface area contributed by atoms with Gasteiger partial charge in [0, 0.05) is 30.9 Å². The maximum atomic E-state index is 13.2. The maximum absolute atomic E-state index is 13.2. The van der Waals surface area contributed by atoms with Gasteiger partial charge in [0.05, 0.1) is 25.1 Å². The molecule has 3 aliphatic rings. The zero-order valence-electron chi connectivity index (χ0n) is 16.8. The number of ether oxygens (including phenoxy) is 1. The molecule has 3 fully saturated rings. The summed E-state index contributed by atoms with van der Waals surface area (Å²) >= 11 is 0. The normalized spacial score (nSPS) is 28.3. The van der Waals surface area contributed by atoms with Gasteiger partial charge in [-0.25, -0.2) is 4.98 Å². The van der Waals surface area contributed by atoms with E-state index in [1.54, 1.807) is 6.20 Å². The van der Waals surface area contributed by atoms with E-state index in [1.807, 2.05) is 50.9 Å². The third-order valence-electron chi connectivity index (χ3n) is 6.63. The van der Waals surface area contributed by atoms with Gasteiger partial charge in [0.15, 0.2) is 5.72 Å². The maximum Gasteiger partial charge on any atom is 0.243 e. The zero-order chi connectivity index (χ0) is 20.2. The van der Waals surface area contributed by atoms with Crippen LogP contribution in [0.5, 0.6) is 0 Å². The van der Waals surface area contributed by atoms with Crippen LogP contribution in [0.25, 0.3) is 11.4 Å². The number of carbonyl (C=O) groups is 2. The van der Waals surface area contributed by atoms with Crippen molar-refractivity contribution in [2.75, 3.05) is 13.2 Å². The lowest BCUT2D eigenvalue weighted by atomic mass is 10.0. The molecule has 3 aliphatic heterocycles. The molecule has 0 bridgehead atoms. The van der Waals surface area contributed by atoms with Crippen molar-refractivity contribution in [3.05, 3.63) is 42.7 Å². The molecule has 7 nitrogen and oxygen atoms in total. The fourth-order valence-corrected chi connectivity index (χ4v) is 5.19. The van der Waals surface area contributed by atoms with Gasteiger partial charge in [0.1, 0.15) is 12.4 Å². The van der Waals surface area contributed by atoms with Crippen LogP contribution < -0.4 is 0 Å². The monoisotopic (exact) mass is 394 g/mol. The van der Waals surface area contributed by atoms with Crippen LogP contribution in [0.15, 0.2) is 42.7 Å². The summed E-state index contributed by atoms with van der Waals surface area (Å²) in [4.78, 5) is 34.3. The minimum atomic E-state index is -0.626. The van der Waals surface area contributed by atoms with Crippen molar-refractivity contribution in [2.24, 2.45) is 5.92 Å². The summed E-state index contributed by atoms with van der Waals surface area (Å²) in [7, 11) is 0. The van der Waals surface area contributed by atoms with E-state index in [9.17, 15) is 9.59 Å². The first-order chi connectivity index (χ1) is 14.0. The Morgan fingerprint density at radius 2 is 2.10 bits per heavy atom. The summed E-state index contributed by atoms with van der Waals surface area (Å²) in [6, 6.07) is 9.75. The molecule has 4 heterocycles. The minimum absolute atomic E-state index is 0.00769. The molecule has 1 aromatic heterocycles. The first-order valence-corrected chi connectivity index (χ1v) is 10.3. The molecule has 0 N–H and O–H groups in total. The molecule has 2 aromatic rings. The topological polar surface area (TPSA) is 67.7 Å². The highest BCUT2D eigenvalue weighted by Crippen LogP contribution is 2.48. The van der Waals surface area contributed by atoms with Crippen molar-refractivity contribution in [2.45, 2.75) is 51.0 Å². The lowest BCUT2D eigenvalue weighted by molar-refractivity contribution is -0.142. The van der Waals surface area contributed by atoms with Crippen LogP contribution in [-0.4, -0.2) is 62.1 Å². The van der Waals surface area contributed by atoms with E-state index in [1.165, 1.54) is 0 Å². The number of aromatic nitrogens is 2. The molecule has 0 saturated carbocycles. The predicted molar refractivity (Wildman–Crippen MR) is 107 cm³/mol. The molecule has 0 aliphatic carbocycles. The molecule has 0 radical (unpaired) electrons. The van der Waals surface area contributed by atoms with Crippen LogP contribution in [0.2, 0.25) is 0 Å². The number of hydrogen-bond acceptors (Lipinski definition) is 4. The Hall–Kier alpha value is -2.67. The molecular formula is C22H26N4O3. The second kappa shape index (κ2) is 6.69. The number of imidazole rings is 1. The van der Waals surface area contributed by atoms with E-state index in [2.05, 4.69) is 18.8 Å². The number of hydrogen-bond donors (Lipinski definition) is 0. The molecule has 5 rings (SSSR count). The number of carbonyl (C=O) groups excluding carboxylic acids is 2. The van der Waals surface area contributed by atoms with Gasteiger partial charge in [-0.05, 0) is 5.92 Å². The van der Waals surface area contributed by atoms with E-state index >= 15 is 0 Å². The van der Waals surface area contributed by atoms with Gasteiger partial charge in [0.2, 0.25) is 11.8 Å². The molecule has 2 amide bonds. The average Bonchev–Trinajstić information content (AvgIpc) is 3.44. The number of amides is 2. The van der Waals surface area contributed by atoms with Crippen LogP contribution in [0.4, 0.5) is 0 Å². The van der Waals surface area contributed by atoms with Gasteiger partial charge >= 0.3 is 0 Å². The number of nitrogens with zero attached hydrogens (tertiary/aromatic N) is 4. The first kappa shape index (κ1) is 18.4. The summed E-state index contributed by atoms with van der Waals surface area (Å²) in [6.45, 7) is 5.62. The molecule has 1 aromatic carbocycles. The van der Waals surface area contributed by atoms with Crippen molar-refractivity contribution in [3.8, 4) is 11.4 Å². The lowest BCUT2D eigenvalue weighted by Gasteiger charge is -2.34. The molecule has 1 spiro atoms. The Morgan fingerprint density at radius 1 is 1.31 bits per heavy atom. The largest absolute Gasteiger partial charge is 0.351 e. The highest BCUT2D eigenvalue weighted by atomic mass is 16.5. The Bertz CT molecular complexity index is 941. The summed E-state index contributed by atoms with van der Waals surface area (Å²) in [5.41, 5.74) is 0.350. The summed E-state index contributed by atoms with van der Waals surface area (Å²) in [5.74, 6) is 1.22. The highest BCUT2D eigenvalue weighted by molar-refractivity contribution is 5.85. The fourth-order valence-electron chi connectivity index (χ4n) is 5.19. The van der Waals surface area contributed by atoms with Crippen molar-refractivity contribution >= 4 is 11.8 Å². The fraction of sp³-hybridized carbons (Fsp3) is 0.500. The Labute approximate surface area is 170 Å². The van der Waals surface area contributed by atoms with Gasteiger partial charge in [0.25, 0.3) is 0 Å². The summed E-state index contributed by atoms with van der Waals surface area (Å²) in [6.07, 6.45) is 4.59. The Morgan fingerprint density at radius 3 is 2.86 bits per heavy atom. The standard InChI is InChI=1S/C22H26N4O3/c1-15(2)17-14-29-22-8-10-25(18(22)12-19(27)26(17)22)20(28)13-24-11-9-23-21(24)16-6-4-3-5-7-16/h3-7,9,11,15,17-18H,8,10,12-14H2,1-2H3/t17-,18+,22-/m0/s1. The first-order valence-electron chi connectivity index (χ1n) is 10.3. The van der Waals surface area contributed by atoms with E-state index in [0.717, 1.165) is 11.4 Å².